The maximum Gasteiger partial charge on any atom is 0.412 e. The highest BCUT2D eigenvalue weighted by atomic mass is 35.5. The summed E-state index contributed by atoms with van der Waals surface area (Å²) in [6, 6.07) is 16.9. The predicted octanol–water partition coefficient (Wildman–Crippen LogP) is 5.53. The lowest BCUT2D eigenvalue weighted by atomic mass is 9.93. The van der Waals surface area contributed by atoms with Crippen LogP contribution in [0.5, 0.6) is 5.75 Å². The minimum Gasteiger partial charge on any atom is -0.494 e. The second-order valence-electron chi connectivity index (χ2n) is 8.58. The van der Waals surface area contributed by atoms with Crippen LogP contribution in [0.15, 0.2) is 54.6 Å². The van der Waals surface area contributed by atoms with Crippen molar-refractivity contribution in [2.75, 3.05) is 13.2 Å². The third-order valence-corrected chi connectivity index (χ3v) is 7.72. The summed E-state index contributed by atoms with van der Waals surface area (Å²) in [5, 5.41) is 1.61. The maximum absolute atomic E-state index is 12.5. The molecule has 2 saturated heterocycles. The number of imide groups is 1. The van der Waals surface area contributed by atoms with Crippen molar-refractivity contribution in [3.63, 3.8) is 0 Å². The number of nitrogens with zero attached hydrogens (tertiary/aromatic N) is 1. The van der Waals surface area contributed by atoms with Gasteiger partial charge in [-0.15, -0.1) is 0 Å². The number of carbonyl (C=O) groups is 3. The van der Waals surface area contributed by atoms with Crippen LogP contribution in [0.3, 0.4) is 0 Å². The third-order valence-electron chi connectivity index (χ3n) is 6.02. The first-order valence-corrected chi connectivity index (χ1v) is 13.0. The van der Waals surface area contributed by atoms with Crippen molar-refractivity contribution in [1.82, 2.24) is 10.2 Å². The summed E-state index contributed by atoms with van der Waals surface area (Å²) in [6.45, 7) is 1.07. The molecule has 2 unspecified atom stereocenters. The monoisotopic (exact) mass is 536 g/mol. The van der Waals surface area contributed by atoms with E-state index in [1.54, 1.807) is 0 Å². The van der Waals surface area contributed by atoms with Crippen molar-refractivity contribution in [1.29, 1.82) is 0 Å². The summed E-state index contributed by atoms with van der Waals surface area (Å²) in [6.07, 6.45) is 1.90. The molecule has 7 nitrogen and oxygen atoms in total. The van der Waals surface area contributed by atoms with E-state index in [-0.39, 0.29) is 28.9 Å². The molecule has 0 aromatic heterocycles. The first-order chi connectivity index (χ1) is 16.8. The van der Waals surface area contributed by atoms with Gasteiger partial charge >= 0.3 is 6.09 Å². The van der Waals surface area contributed by atoms with Crippen LogP contribution in [-0.2, 0) is 22.6 Å². The van der Waals surface area contributed by atoms with Crippen LogP contribution < -0.4 is 10.1 Å². The standard InChI is InChI=1S/C25H26Cl2N2O5S/c26-25(27)15-18(10-12-29(25)24(32)34-16-19-4-2-1-3-5-19)11-13-33-20-8-6-17(7-9-20)14-21-22(30)28-23(31)35-21/h1-9,18,21H,10-16H2,(H,28,30,31). The Morgan fingerprint density at radius 3 is 2.49 bits per heavy atom. The normalized spacial score (nSPS) is 21.5. The van der Waals surface area contributed by atoms with E-state index in [0.29, 0.717) is 26.0 Å². The van der Waals surface area contributed by atoms with Gasteiger partial charge in [0.1, 0.15) is 12.4 Å². The van der Waals surface area contributed by atoms with Crippen LogP contribution in [0, 0.1) is 5.92 Å². The van der Waals surface area contributed by atoms with Gasteiger partial charge < -0.3 is 9.47 Å². The lowest BCUT2D eigenvalue weighted by Crippen LogP contribution is -2.50. The Morgan fingerprint density at radius 1 is 1.09 bits per heavy atom. The average Bonchev–Trinajstić information content (AvgIpc) is 3.15. The van der Waals surface area contributed by atoms with E-state index in [0.717, 1.165) is 41.5 Å². The van der Waals surface area contributed by atoms with Gasteiger partial charge in [-0.25, -0.2) is 4.79 Å². The molecule has 4 rings (SSSR count). The largest absolute Gasteiger partial charge is 0.494 e. The number of halogens is 2. The average molecular weight is 537 g/mol. The Kier molecular flexibility index (Phi) is 8.46. The van der Waals surface area contributed by atoms with Crippen LogP contribution in [0.4, 0.5) is 9.59 Å². The summed E-state index contributed by atoms with van der Waals surface area (Å²) in [5.41, 5.74) is 1.86. The molecular weight excluding hydrogens is 511 g/mol. The van der Waals surface area contributed by atoms with Gasteiger partial charge in [0.2, 0.25) is 5.91 Å². The zero-order valence-corrected chi connectivity index (χ0v) is 21.3. The van der Waals surface area contributed by atoms with Crippen molar-refractivity contribution in [3.05, 3.63) is 65.7 Å². The highest BCUT2D eigenvalue weighted by Crippen LogP contribution is 2.40. The first kappa shape index (κ1) is 25.7. The Morgan fingerprint density at radius 2 is 1.83 bits per heavy atom. The van der Waals surface area contributed by atoms with E-state index >= 15 is 0 Å². The first-order valence-electron chi connectivity index (χ1n) is 11.4. The molecular formula is C25H26Cl2N2O5S. The molecule has 2 aromatic carbocycles. The zero-order valence-electron chi connectivity index (χ0n) is 19.0. The zero-order chi connectivity index (χ0) is 24.8. The second-order valence-corrected chi connectivity index (χ2v) is 11.2. The van der Waals surface area contributed by atoms with Gasteiger partial charge in [-0.05, 0) is 48.4 Å². The Balaban J connectivity index is 1.19. The summed E-state index contributed by atoms with van der Waals surface area (Å²) >= 11 is 14.0. The molecule has 10 heteroatoms. The number of carbonyl (C=O) groups excluding carboxylic acids is 3. The van der Waals surface area contributed by atoms with E-state index in [9.17, 15) is 14.4 Å². The molecule has 2 heterocycles. The van der Waals surface area contributed by atoms with E-state index in [2.05, 4.69) is 5.32 Å². The third kappa shape index (κ3) is 7.06. The van der Waals surface area contributed by atoms with Gasteiger partial charge in [-0.1, -0.05) is 77.4 Å². The molecule has 2 aliphatic rings. The lowest BCUT2D eigenvalue weighted by Gasteiger charge is -2.40. The number of likely N-dealkylation sites (tertiary alicyclic amines) is 1. The minimum absolute atomic E-state index is 0.168. The number of amides is 3. The number of alkyl halides is 2. The van der Waals surface area contributed by atoms with Gasteiger partial charge in [0.25, 0.3) is 5.24 Å². The van der Waals surface area contributed by atoms with Crippen LogP contribution in [0.2, 0.25) is 0 Å². The summed E-state index contributed by atoms with van der Waals surface area (Å²) in [5.74, 6) is 0.682. The SMILES string of the molecule is O=C1NC(=O)C(Cc2ccc(OCCC3CCN(C(=O)OCc4ccccc4)C(Cl)(Cl)C3)cc2)S1. The Labute approximate surface area is 218 Å². The van der Waals surface area contributed by atoms with Crippen LogP contribution in [-0.4, -0.2) is 45.0 Å². The summed E-state index contributed by atoms with van der Waals surface area (Å²) < 4.78 is 9.94. The highest BCUT2D eigenvalue weighted by Gasteiger charge is 2.42. The topological polar surface area (TPSA) is 84.9 Å². The molecule has 2 aromatic rings. The molecule has 0 aliphatic carbocycles. The number of nitrogens with one attached hydrogen (secondary N) is 1. The molecule has 35 heavy (non-hydrogen) atoms. The van der Waals surface area contributed by atoms with Gasteiger partial charge in [0, 0.05) is 13.0 Å². The number of hydrogen-bond donors (Lipinski definition) is 1. The Bertz CT molecular complexity index is 1050. The molecule has 186 valence electrons. The number of rotatable bonds is 8. The fraction of sp³-hybridized carbons (Fsp3) is 0.400. The highest BCUT2D eigenvalue weighted by molar-refractivity contribution is 8.15. The fourth-order valence-corrected chi connectivity index (χ4v) is 5.71. The minimum atomic E-state index is -1.33. The van der Waals surface area contributed by atoms with Crippen molar-refractivity contribution in [2.24, 2.45) is 5.92 Å². The predicted molar refractivity (Wildman–Crippen MR) is 136 cm³/mol. The number of piperidine rings is 1. The summed E-state index contributed by atoms with van der Waals surface area (Å²) in [4.78, 5) is 36.9. The van der Waals surface area contributed by atoms with E-state index < -0.39 is 10.6 Å². The molecule has 0 radical (unpaired) electrons. The smallest absolute Gasteiger partial charge is 0.412 e. The molecule has 2 aliphatic heterocycles. The van der Waals surface area contributed by atoms with E-state index in [1.807, 2.05) is 54.6 Å². The molecule has 2 fully saturated rings. The molecule has 3 amide bonds. The van der Waals surface area contributed by atoms with Gasteiger partial charge in [-0.3, -0.25) is 19.8 Å². The van der Waals surface area contributed by atoms with Crippen molar-refractivity contribution < 1.29 is 23.9 Å². The van der Waals surface area contributed by atoms with E-state index in [4.69, 9.17) is 32.7 Å². The quantitative estimate of drug-likeness (QED) is 0.352. The molecule has 2 atom stereocenters. The van der Waals surface area contributed by atoms with Crippen LogP contribution in [0.1, 0.15) is 30.4 Å². The van der Waals surface area contributed by atoms with E-state index in [1.165, 1.54) is 4.90 Å². The number of hydrogen-bond acceptors (Lipinski definition) is 6. The number of benzene rings is 2. The summed E-state index contributed by atoms with van der Waals surface area (Å²) in [7, 11) is 0. The number of ether oxygens (including phenoxy) is 2. The number of thioether (sulfide) groups is 1. The molecule has 0 saturated carbocycles. The molecule has 1 N–H and O–H groups in total. The van der Waals surface area contributed by atoms with Crippen molar-refractivity contribution in [3.8, 4) is 5.75 Å². The lowest BCUT2D eigenvalue weighted by molar-refractivity contribution is -0.118. The van der Waals surface area contributed by atoms with Crippen LogP contribution >= 0.6 is 35.0 Å². The molecule has 0 bridgehead atoms. The van der Waals surface area contributed by atoms with Crippen molar-refractivity contribution in [2.45, 2.75) is 42.0 Å². The van der Waals surface area contributed by atoms with Gasteiger partial charge in [0.05, 0.1) is 11.9 Å². The maximum atomic E-state index is 12.5. The molecule has 0 spiro atoms. The van der Waals surface area contributed by atoms with Gasteiger partial charge in [-0.2, -0.15) is 0 Å². The fourth-order valence-electron chi connectivity index (χ4n) is 4.11. The Hall–Kier alpha value is -2.42. The van der Waals surface area contributed by atoms with Crippen molar-refractivity contribution >= 4 is 52.2 Å². The second kappa shape index (κ2) is 11.5. The van der Waals surface area contributed by atoms with Gasteiger partial charge in [0.15, 0.2) is 4.46 Å². The van der Waals surface area contributed by atoms with Crippen LogP contribution in [0.25, 0.3) is 0 Å².